The molecule has 2 saturated heterocycles. The summed E-state index contributed by atoms with van der Waals surface area (Å²) in [5.74, 6) is 1.35. The van der Waals surface area contributed by atoms with Crippen LogP contribution in [0.15, 0.2) is 47.4 Å². The monoisotopic (exact) mass is 498 g/mol. The molecule has 0 saturated carbocycles. The zero-order valence-electron chi connectivity index (χ0n) is 19.1. The second-order valence-corrected chi connectivity index (χ2v) is 9.38. The van der Waals surface area contributed by atoms with Crippen molar-refractivity contribution in [2.75, 3.05) is 38.3 Å². The maximum atomic E-state index is 13.2. The molecule has 7 nitrogen and oxygen atoms in total. The lowest BCUT2D eigenvalue weighted by Crippen LogP contribution is -2.32. The summed E-state index contributed by atoms with van der Waals surface area (Å²) in [5.41, 5.74) is 1.37. The average Bonchev–Trinajstić information content (AvgIpc) is 3.47. The highest BCUT2D eigenvalue weighted by Gasteiger charge is 2.34. The first kappa shape index (κ1) is 24.1. The predicted octanol–water partition coefficient (Wildman–Crippen LogP) is 4.50. The first-order valence-electron chi connectivity index (χ1n) is 11.1. The summed E-state index contributed by atoms with van der Waals surface area (Å²) in [6, 6.07) is 12.7. The Morgan fingerprint density at radius 2 is 1.85 bits per heavy atom. The second kappa shape index (κ2) is 10.9. The Morgan fingerprint density at radius 3 is 2.59 bits per heavy atom. The van der Waals surface area contributed by atoms with E-state index in [-0.39, 0.29) is 18.4 Å². The molecular formula is C25H26N2O5S2. The zero-order valence-corrected chi connectivity index (χ0v) is 20.7. The van der Waals surface area contributed by atoms with Crippen molar-refractivity contribution in [1.82, 2.24) is 4.90 Å². The van der Waals surface area contributed by atoms with Gasteiger partial charge in [0.25, 0.3) is 11.8 Å². The molecule has 0 bridgehead atoms. The largest absolute Gasteiger partial charge is 0.495 e. The van der Waals surface area contributed by atoms with Gasteiger partial charge < -0.3 is 19.1 Å². The Bertz CT molecular complexity index is 1130. The van der Waals surface area contributed by atoms with E-state index in [1.807, 2.05) is 30.0 Å². The molecule has 0 unspecified atom stereocenters. The van der Waals surface area contributed by atoms with Gasteiger partial charge in [0, 0.05) is 13.1 Å². The van der Waals surface area contributed by atoms with Crippen molar-refractivity contribution in [3.05, 3.63) is 52.9 Å². The van der Waals surface area contributed by atoms with Gasteiger partial charge in [0.2, 0.25) is 0 Å². The van der Waals surface area contributed by atoms with Crippen LogP contribution in [0.5, 0.6) is 17.2 Å². The molecule has 0 atom stereocenters. The van der Waals surface area contributed by atoms with Crippen LogP contribution in [0.4, 0.5) is 5.69 Å². The third-order valence-corrected chi connectivity index (χ3v) is 6.80. The first-order valence-corrected chi connectivity index (χ1v) is 12.3. The molecule has 2 aliphatic rings. The number of nitrogens with zero attached hydrogens (tertiary/aromatic N) is 2. The maximum Gasteiger partial charge on any atom is 0.270 e. The minimum atomic E-state index is -0.214. The lowest BCUT2D eigenvalue weighted by Gasteiger charge is -2.17. The highest BCUT2D eigenvalue weighted by atomic mass is 32.2. The number of carbonyl (C=O) groups is 2. The predicted molar refractivity (Wildman–Crippen MR) is 138 cm³/mol. The molecule has 34 heavy (non-hydrogen) atoms. The number of thiocarbonyl (C=S) groups is 1. The van der Waals surface area contributed by atoms with E-state index in [1.54, 1.807) is 37.5 Å². The molecule has 0 radical (unpaired) electrons. The van der Waals surface area contributed by atoms with E-state index in [4.69, 9.17) is 26.4 Å². The van der Waals surface area contributed by atoms with Gasteiger partial charge in [0.15, 0.2) is 22.4 Å². The van der Waals surface area contributed by atoms with Gasteiger partial charge in [0.05, 0.1) is 24.3 Å². The fraction of sp³-hybridized carbons (Fsp3) is 0.320. The van der Waals surface area contributed by atoms with Gasteiger partial charge in [-0.1, -0.05) is 42.2 Å². The Morgan fingerprint density at radius 1 is 1.09 bits per heavy atom. The van der Waals surface area contributed by atoms with Gasteiger partial charge in [-0.2, -0.15) is 0 Å². The topological polar surface area (TPSA) is 68.3 Å². The molecule has 0 aliphatic carbocycles. The molecule has 2 heterocycles. The Kier molecular flexibility index (Phi) is 7.74. The average molecular weight is 499 g/mol. The summed E-state index contributed by atoms with van der Waals surface area (Å²) in [4.78, 5) is 29.3. The highest BCUT2D eigenvalue weighted by Crippen LogP contribution is 2.40. The van der Waals surface area contributed by atoms with Crippen LogP contribution in [0, 0.1) is 0 Å². The Hall–Kier alpha value is -3.04. The summed E-state index contributed by atoms with van der Waals surface area (Å²) in [6.45, 7) is 3.86. The summed E-state index contributed by atoms with van der Waals surface area (Å²) in [5, 5.41) is 0. The van der Waals surface area contributed by atoms with Gasteiger partial charge in [-0.05, 0) is 55.7 Å². The fourth-order valence-corrected chi connectivity index (χ4v) is 5.13. The molecule has 9 heteroatoms. The third-order valence-electron chi connectivity index (χ3n) is 5.50. The van der Waals surface area contributed by atoms with Crippen molar-refractivity contribution in [1.29, 1.82) is 0 Å². The van der Waals surface area contributed by atoms with Gasteiger partial charge >= 0.3 is 0 Å². The minimum Gasteiger partial charge on any atom is -0.495 e. The molecule has 2 fully saturated rings. The summed E-state index contributed by atoms with van der Waals surface area (Å²) in [7, 11) is 1.56. The molecule has 0 aromatic heterocycles. The number of thioether (sulfide) groups is 1. The van der Waals surface area contributed by atoms with Gasteiger partial charge in [-0.15, -0.1) is 0 Å². The van der Waals surface area contributed by atoms with Crippen molar-refractivity contribution >= 4 is 51.9 Å². The third kappa shape index (κ3) is 5.20. The smallest absolute Gasteiger partial charge is 0.270 e. The molecule has 178 valence electrons. The van der Waals surface area contributed by atoms with Crippen molar-refractivity contribution in [2.45, 2.75) is 19.8 Å². The quantitative estimate of drug-likeness (QED) is 0.392. The van der Waals surface area contributed by atoms with Crippen LogP contribution in [-0.4, -0.2) is 54.4 Å². The number of likely N-dealkylation sites (tertiary alicyclic amines) is 1. The Labute approximate surface area is 208 Å². The van der Waals surface area contributed by atoms with Gasteiger partial charge in [-0.25, -0.2) is 0 Å². The summed E-state index contributed by atoms with van der Waals surface area (Å²) < 4.78 is 17.4. The lowest BCUT2D eigenvalue weighted by atomic mass is 10.1. The minimum absolute atomic E-state index is 0.0240. The second-order valence-electron chi connectivity index (χ2n) is 7.70. The van der Waals surface area contributed by atoms with E-state index in [1.165, 1.54) is 16.7 Å². The van der Waals surface area contributed by atoms with E-state index in [0.717, 1.165) is 31.5 Å². The van der Waals surface area contributed by atoms with Crippen LogP contribution < -0.4 is 19.1 Å². The van der Waals surface area contributed by atoms with Crippen LogP contribution in [0.3, 0.4) is 0 Å². The van der Waals surface area contributed by atoms with E-state index in [0.29, 0.717) is 38.8 Å². The molecule has 4 rings (SSSR count). The van der Waals surface area contributed by atoms with Crippen molar-refractivity contribution in [3.63, 3.8) is 0 Å². The number of rotatable bonds is 8. The number of amides is 2. The number of methoxy groups -OCH3 is 1. The molecule has 2 aliphatic heterocycles. The van der Waals surface area contributed by atoms with Crippen LogP contribution in [0.25, 0.3) is 6.08 Å². The standard InChI is InChI=1S/C25H26N2O5S2/c1-3-31-21-14-17(10-11-20(21)32-16-23(28)26-12-6-7-13-26)15-22-24(29)27(25(33)34-22)18-8-4-5-9-19(18)30-2/h4-5,8-11,14-15H,3,6-7,12-13,16H2,1-2H3/b22-15-. The molecular weight excluding hydrogens is 472 g/mol. The van der Waals surface area contributed by atoms with Crippen LogP contribution >= 0.6 is 24.0 Å². The highest BCUT2D eigenvalue weighted by molar-refractivity contribution is 8.27. The molecule has 2 aromatic carbocycles. The number of para-hydroxylation sites is 2. The maximum absolute atomic E-state index is 13.2. The first-order chi connectivity index (χ1) is 16.5. The number of carbonyl (C=O) groups excluding carboxylic acids is 2. The van der Waals surface area contributed by atoms with Crippen molar-refractivity contribution < 1.29 is 23.8 Å². The molecule has 2 aromatic rings. The number of ether oxygens (including phenoxy) is 3. The number of anilines is 1. The van der Waals surface area contributed by atoms with Crippen LogP contribution in [0.1, 0.15) is 25.3 Å². The van der Waals surface area contributed by atoms with Crippen molar-refractivity contribution in [3.8, 4) is 17.2 Å². The van der Waals surface area contributed by atoms with Crippen LogP contribution in [0.2, 0.25) is 0 Å². The van der Waals surface area contributed by atoms with Crippen LogP contribution in [-0.2, 0) is 9.59 Å². The summed E-state index contributed by atoms with van der Waals surface area (Å²) >= 11 is 6.72. The SMILES string of the molecule is CCOc1cc(/C=C2\SC(=S)N(c3ccccc3OC)C2=O)ccc1OCC(=O)N1CCCC1. The van der Waals surface area contributed by atoms with E-state index >= 15 is 0 Å². The lowest BCUT2D eigenvalue weighted by molar-refractivity contribution is -0.132. The zero-order chi connectivity index (χ0) is 24.1. The molecule has 0 spiro atoms. The number of hydrogen-bond acceptors (Lipinski definition) is 7. The molecule has 0 N–H and O–H groups in total. The van der Waals surface area contributed by atoms with Gasteiger partial charge in [-0.3, -0.25) is 14.5 Å². The Balaban J connectivity index is 1.53. The van der Waals surface area contributed by atoms with E-state index in [9.17, 15) is 9.59 Å². The number of hydrogen-bond donors (Lipinski definition) is 0. The van der Waals surface area contributed by atoms with Crippen molar-refractivity contribution in [2.24, 2.45) is 0 Å². The summed E-state index contributed by atoms with van der Waals surface area (Å²) in [6.07, 6.45) is 3.85. The fourth-order valence-electron chi connectivity index (χ4n) is 3.84. The number of benzene rings is 2. The van der Waals surface area contributed by atoms with Gasteiger partial charge in [0.1, 0.15) is 5.75 Å². The molecule has 2 amide bonds. The van der Waals surface area contributed by atoms with E-state index in [2.05, 4.69) is 0 Å². The van der Waals surface area contributed by atoms with E-state index < -0.39 is 0 Å². The normalized spacial score (nSPS) is 16.9.